The monoisotopic (exact) mass is 260 g/mol. The minimum Gasteiger partial charge on any atom is -0.458 e. The highest BCUT2D eigenvalue weighted by atomic mass is 16.6. The van der Waals surface area contributed by atoms with E-state index >= 15 is 0 Å². The van der Waals surface area contributed by atoms with Crippen molar-refractivity contribution in [3.05, 3.63) is 35.4 Å². The molecule has 0 spiro atoms. The number of ether oxygens (including phenoxy) is 2. The molecule has 3 nitrogen and oxygen atoms in total. The van der Waals surface area contributed by atoms with E-state index in [9.17, 15) is 4.79 Å². The Hall–Kier alpha value is -1.35. The van der Waals surface area contributed by atoms with Crippen LogP contribution in [0.4, 0.5) is 0 Å². The molecular formula is C16H20O3. The van der Waals surface area contributed by atoms with Crippen LogP contribution in [0.5, 0.6) is 0 Å². The van der Waals surface area contributed by atoms with E-state index in [4.69, 9.17) is 9.47 Å². The van der Waals surface area contributed by atoms with Gasteiger partial charge in [-0.1, -0.05) is 29.8 Å². The second-order valence-corrected chi connectivity index (χ2v) is 5.77. The van der Waals surface area contributed by atoms with Crippen LogP contribution in [0.3, 0.4) is 0 Å². The van der Waals surface area contributed by atoms with Gasteiger partial charge in [-0.25, -0.2) is 0 Å². The van der Waals surface area contributed by atoms with Crippen LogP contribution < -0.4 is 0 Å². The summed E-state index contributed by atoms with van der Waals surface area (Å²) in [7, 11) is 0. The van der Waals surface area contributed by atoms with E-state index in [1.165, 1.54) is 5.56 Å². The average Bonchev–Trinajstić information content (AvgIpc) is 2.92. The first-order valence-electron chi connectivity index (χ1n) is 7.03. The summed E-state index contributed by atoms with van der Waals surface area (Å²) in [4.78, 5) is 12.1. The van der Waals surface area contributed by atoms with Crippen molar-refractivity contribution in [2.24, 2.45) is 5.92 Å². The maximum absolute atomic E-state index is 12.1. The molecule has 0 N–H and O–H groups in total. The largest absolute Gasteiger partial charge is 0.458 e. The lowest BCUT2D eigenvalue weighted by atomic mass is 9.99. The molecule has 1 aromatic carbocycles. The summed E-state index contributed by atoms with van der Waals surface area (Å²) in [6.45, 7) is 3.59. The number of rotatable bonds is 4. The predicted molar refractivity (Wildman–Crippen MR) is 71.9 cm³/mol. The Morgan fingerprint density at radius 2 is 2.32 bits per heavy atom. The quantitative estimate of drug-likeness (QED) is 0.781. The first kappa shape index (κ1) is 12.7. The molecule has 102 valence electrons. The zero-order valence-corrected chi connectivity index (χ0v) is 11.4. The molecule has 1 aliphatic carbocycles. The summed E-state index contributed by atoms with van der Waals surface area (Å²) in [6, 6.07) is 8.04. The lowest BCUT2D eigenvalue weighted by molar-refractivity contribution is -0.153. The van der Waals surface area contributed by atoms with Crippen molar-refractivity contribution in [2.45, 2.75) is 38.2 Å². The van der Waals surface area contributed by atoms with Crippen LogP contribution in [0.15, 0.2) is 24.3 Å². The van der Waals surface area contributed by atoms with Gasteiger partial charge in [0.2, 0.25) is 0 Å². The highest BCUT2D eigenvalue weighted by Gasteiger charge is 2.54. The molecule has 3 rings (SSSR count). The molecule has 0 bridgehead atoms. The van der Waals surface area contributed by atoms with Crippen molar-refractivity contribution >= 4 is 5.97 Å². The number of carbonyl (C=O) groups is 1. The van der Waals surface area contributed by atoms with Crippen LogP contribution >= 0.6 is 0 Å². The minimum absolute atomic E-state index is 0.102. The van der Waals surface area contributed by atoms with Crippen LogP contribution in [-0.2, 0) is 20.7 Å². The first-order chi connectivity index (χ1) is 9.18. The average molecular weight is 260 g/mol. The normalized spacial score (nSPS) is 24.2. The molecule has 0 amide bonds. The standard InChI is InChI=1S/C16H20O3/c1-12-3-2-4-13(9-12)10-15(17)19-16(6-7-16)14-5-8-18-11-14/h2-4,9,14H,5-8,10-11H2,1H3. The molecule has 0 aromatic heterocycles. The van der Waals surface area contributed by atoms with Gasteiger partial charge < -0.3 is 9.47 Å². The van der Waals surface area contributed by atoms with Crippen molar-refractivity contribution in [1.82, 2.24) is 0 Å². The van der Waals surface area contributed by atoms with Gasteiger partial charge in [-0.15, -0.1) is 0 Å². The lowest BCUT2D eigenvalue weighted by Gasteiger charge is -2.22. The summed E-state index contributed by atoms with van der Waals surface area (Å²) >= 11 is 0. The Morgan fingerprint density at radius 3 is 2.95 bits per heavy atom. The predicted octanol–water partition coefficient (Wildman–Crippen LogP) is 2.65. The molecule has 0 radical (unpaired) electrons. The Morgan fingerprint density at radius 1 is 1.47 bits per heavy atom. The van der Waals surface area contributed by atoms with Crippen LogP contribution in [0.25, 0.3) is 0 Å². The zero-order chi connectivity index (χ0) is 13.3. The van der Waals surface area contributed by atoms with Gasteiger partial charge in [-0.2, -0.15) is 0 Å². The first-order valence-corrected chi connectivity index (χ1v) is 7.03. The second-order valence-electron chi connectivity index (χ2n) is 5.77. The second kappa shape index (κ2) is 4.97. The fourth-order valence-electron chi connectivity index (χ4n) is 2.92. The van der Waals surface area contributed by atoms with Gasteiger partial charge in [0.25, 0.3) is 0 Å². The van der Waals surface area contributed by atoms with E-state index in [1.807, 2.05) is 31.2 Å². The van der Waals surface area contributed by atoms with E-state index in [0.29, 0.717) is 12.3 Å². The minimum atomic E-state index is -0.197. The summed E-state index contributed by atoms with van der Waals surface area (Å²) in [5, 5.41) is 0. The number of benzene rings is 1. The molecule has 1 aliphatic heterocycles. The van der Waals surface area contributed by atoms with Gasteiger partial charge in [0.05, 0.1) is 13.0 Å². The Bertz CT molecular complexity index is 471. The van der Waals surface area contributed by atoms with Gasteiger partial charge >= 0.3 is 5.97 Å². The van der Waals surface area contributed by atoms with Gasteiger partial charge in [0.1, 0.15) is 5.60 Å². The summed E-state index contributed by atoms with van der Waals surface area (Å²) in [5.41, 5.74) is 2.01. The lowest BCUT2D eigenvalue weighted by Crippen LogP contribution is -2.30. The number of carbonyl (C=O) groups excluding carboxylic acids is 1. The number of hydrogen-bond acceptors (Lipinski definition) is 3. The Kier molecular flexibility index (Phi) is 3.31. The smallest absolute Gasteiger partial charge is 0.310 e. The molecule has 1 atom stereocenters. The molecule has 19 heavy (non-hydrogen) atoms. The SMILES string of the molecule is Cc1cccc(CC(=O)OC2(C3CCOC3)CC2)c1. The van der Waals surface area contributed by atoms with E-state index in [2.05, 4.69) is 0 Å². The van der Waals surface area contributed by atoms with E-state index < -0.39 is 0 Å². The summed E-state index contributed by atoms with van der Waals surface area (Å²) < 4.78 is 11.2. The number of hydrogen-bond donors (Lipinski definition) is 0. The van der Waals surface area contributed by atoms with E-state index in [0.717, 1.165) is 38.0 Å². The van der Waals surface area contributed by atoms with Crippen molar-refractivity contribution in [3.63, 3.8) is 0 Å². The van der Waals surface area contributed by atoms with Gasteiger partial charge in [0.15, 0.2) is 0 Å². The van der Waals surface area contributed by atoms with Crippen molar-refractivity contribution in [2.75, 3.05) is 13.2 Å². The fourth-order valence-corrected chi connectivity index (χ4v) is 2.92. The molecule has 2 aliphatic rings. The van der Waals surface area contributed by atoms with Gasteiger partial charge in [-0.05, 0) is 31.7 Å². The fraction of sp³-hybridized carbons (Fsp3) is 0.562. The molecule has 1 saturated heterocycles. The van der Waals surface area contributed by atoms with E-state index in [1.54, 1.807) is 0 Å². The van der Waals surface area contributed by atoms with Crippen LogP contribution in [0.1, 0.15) is 30.4 Å². The third-order valence-corrected chi connectivity index (χ3v) is 4.16. The van der Waals surface area contributed by atoms with E-state index in [-0.39, 0.29) is 11.6 Å². The molecule has 1 unspecified atom stereocenters. The molecule has 1 aromatic rings. The maximum Gasteiger partial charge on any atom is 0.310 e. The number of esters is 1. The van der Waals surface area contributed by atoms with Crippen LogP contribution in [0.2, 0.25) is 0 Å². The van der Waals surface area contributed by atoms with Gasteiger partial charge in [0, 0.05) is 12.5 Å². The van der Waals surface area contributed by atoms with Crippen molar-refractivity contribution in [3.8, 4) is 0 Å². The topological polar surface area (TPSA) is 35.5 Å². The van der Waals surface area contributed by atoms with Crippen molar-refractivity contribution < 1.29 is 14.3 Å². The maximum atomic E-state index is 12.1. The highest BCUT2D eigenvalue weighted by Crippen LogP contribution is 2.49. The molecular weight excluding hydrogens is 240 g/mol. The van der Waals surface area contributed by atoms with Gasteiger partial charge in [-0.3, -0.25) is 4.79 Å². The summed E-state index contributed by atoms with van der Waals surface area (Å²) in [6.07, 6.45) is 3.40. The molecule has 1 heterocycles. The van der Waals surface area contributed by atoms with Crippen molar-refractivity contribution in [1.29, 1.82) is 0 Å². The molecule has 1 saturated carbocycles. The third-order valence-electron chi connectivity index (χ3n) is 4.16. The van der Waals surface area contributed by atoms with Crippen LogP contribution in [-0.4, -0.2) is 24.8 Å². The molecule has 3 heteroatoms. The Balaban J connectivity index is 1.59. The third kappa shape index (κ3) is 2.81. The number of aryl methyl sites for hydroxylation is 1. The molecule has 2 fully saturated rings. The zero-order valence-electron chi connectivity index (χ0n) is 11.4. The summed E-state index contributed by atoms with van der Waals surface area (Å²) in [5.74, 6) is 0.309. The van der Waals surface area contributed by atoms with Crippen LogP contribution in [0, 0.1) is 12.8 Å². The Labute approximate surface area is 113 Å². The highest BCUT2D eigenvalue weighted by molar-refractivity contribution is 5.73.